The maximum atomic E-state index is 10.9. The molecule has 0 spiro atoms. The molecule has 1 aliphatic carbocycles. The Morgan fingerprint density at radius 3 is 2.61 bits per heavy atom. The Morgan fingerprint density at radius 1 is 1.50 bits per heavy atom. The van der Waals surface area contributed by atoms with Crippen LogP contribution in [0.15, 0.2) is 18.2 Å². The van der Waals surface area contributed by atoms with Crippen molar-refractivity contribution in [2.24, 2.45) is 5.92 Å². The molecular weight excluding hydrogens is 250 g/mol. The van der Waals surface area contributed by atoms with E-state index in [1.54, 1.807) is 12.1 Å². The van der Waals surface area contributed by atoms with E-state index in [0.717, 1.165) is 18.2 Å². The van der Waals surface area contributed by atoms with Gasteiger partial charge in [-0.25, -0.2) is 4.79 Å². The normalized spacial score (nSPS) is 14.9. The fourth-order valence-electron chi connectivity index (χ4n) is 2.05. The summed E-state index contributed by atoms with van der Waals surface area (Å²) in [6.07, 6.45) is 2.59. The Balaban J connectivity index is 2.24. The first-order valence-electron chi connectivity index (χ1n) is 6.28. The average Bonchev–Trinajstić information content (AvgIpc) is 3.08. The fraction of sp³-hybridized carbons (Fsp3) is 0.500. The Labute approximate surface area is 112 Å². The molecule has 1 N–H and O–H groups in total. The van der Waals surface area contributed by atoms with E-state index in [-0.39, 0.29) is 5.56 Å². The summed E-state index contributed by atoms with van der Waals surface area (Å²) in [5.41, 5.74) is 1.17. The maximum absolute atomic E-state index is 10.9. The molecule has 1 aromatic carbocycles. The molecule has 0 heterocycles. The van der Waals surface area contributed by atoms with Gasteiger partial charge >= 0.3 is 5.97 Å². The third-order valence-electron chi connectivity index (χ3n) is 3.29. The van der Waals surface area contributed by atoms with Crippen molar-refractivity contribution >= 4 is 23.3 Å². The predicted molar refractivity (Wildman–Crippen MR) is 73.6 cm³/mol. The number of halogens is 1. The molecule has 1 aromatic rings. The lowest BCUT2D eigenvalue weighted by Crippen LogP contribution is -2.32. The second-order valence-corrected chi connectivity index (χ2v) is 5.57. The molecule has 3 nitrogen and oxygen atoms in total. The van der Waals surface area contributed by atoms with E-state index in [4.69, 9.17) is 16.7 Å². The van der Waals surface area contributed by atoms with Gasteiger partial charge in [0, 0.05) is 18.3 Å². The molecule has 2 rings (SSSR count). The summed E-state index contributed by atoms with van der Waals surface area (Å²) in [6, 6.07) is 5.57. The van der Waals surface area contributed by atoms with Gasteiger partial charge in [0.25, 0.3) is 0 Å². The zero-order valence-corrected chi connectivity index (χ0v) is 11.4. The van der Waals surface area contributed by atoms with Crippen molar-refractivity contribution in [1.82, 2.24) is 0 Å². The number of anilines is 1. The highest BCUT2D eigenvalue weighted by atomic mass is 35.5. The van der Waals surface area contributed by atoms with Gasteiger partial charge in [-0.1, -0.05) is 11.6 Å². The highest BCUT2D eigenvalue weighted by Gasteiger charge is 2.26. The minimum atomic E-state index is -0.982. The first kappa shape index (κ1) is 13.2. The summed E-state index contributed by atoms with van der Waals surface area (Å²) < 4.78 is 0. The lowest BCUT2D eigenvalue weighted by molar-refractivity contribution is 0.0697. The van der Waals surface area contributed by atoms with Crippen LogP contribution in [-0.4, -0.2) is 23.7 Å². The number of benzene rings is 1. The van der Waals surface area contributed by atoms with Crippen LogP contribution < -0.4 is 4.90 Å². The van der Waals surface area contributed by atoms with E-state index >= 15 is 0 Å². The quantitative estimate of drug-likeness (QED) is 0.885. The highest BCUT2D eigenvalue weighted by molar-refractivity contribution is 6.33. The summed E-state index contributed by atoms with van der Waals surface area (Å²) in [5.74, 6) is -0.199. The van der Waals surface area contributed by atoms with Gasteiger partial charge < -0.3 is 10.0 Å². The van der Waals surface area contributed by atoms with Crippen LogP contribution in [0.2, 0.25) is 5.02 Å². The monoisotopic (exact) mass is 267 g/mol. The average molecular weight is 268 g/mol. The minimum Gasteiger partial charge on any atom is -0.478 e. The molecule has 0 atom stereocenters. The molecule has 1 aliphatic rings. The Kier molecular flexibility index (Phi) is 3.81. The van der Waals surface area contributed by atoms with Crippen molar-refractivity contribution in [2.45, 2.75) is 32.7 Å². The van der Waals surface area contributed by atoms with Gasteiger partial charge in [-0.05, 0) is 50.8 Å². The highest BCUT2D eigenvalue weighted by Crippen LogP contribution is 2.33. The summed E-state index contributed by atoms with van der Waals surface area (Å²) in [4.78, 5) is 13.2. The Morgan fingerprint density at radius 2 is 2.17 bits per heavy atom. The van der Waals surface area contributed by atoms with Gasteiger partial charge in [-0.3, -0.25) is 0 Å². The van der Waals surface area contributed by atoms with Crippen LogP contribution in [-0.2, 0) is 0 Å². The lowest BCUT2D eigenvalue weighted by Gasteiger charge is -2.29. The number of carboxylic acid groups (broad SMARTS) is 1. The van der Waals surface area contributed by atoms with Gasteiger partial charge in [-0.15, -0.1) is 0 Å². The van der Waals surface area contributed by atoms with Crippen LogP contribution in [0.25, 0.3) is 0 Å². The first-order chi connectivity index (χ1) is 8.49. The molecule has 1 saturated carbocycles. The van der Waals surface area contributed by atoms with Crippen LogP contribution in [0.3, 0.4) is 0 Å². The first-order valence-corrected chi connectivity index (χ1v) is 6.66. The summed E-state index contributed by atoms with van der Waals surface area (Å²) in [6.45, 7) is 5.31. The van der Waals surface area contributed by atoms with Gasteiger partial charge in [0.2, 0.25) is 0 Å². The van der Waals surface area contributed by atoms with Crippen LogP contribution in [0.5, 0.6) is 0 Å². The van der Waals surface area contributed by atoms with E-state index in [0.29, 0.717) is 11.1 Å². The topological polar surface area (TPSA) is 40.5 Å². The van der Waals surface area contributed by atoms with E-state index < -0.39 is 5.97 Å². The number of nitrogens with zero attached hydrogens (tertiary/aromatic N) is 1. The largest absolute Gasteiger partial charge is 0.478 e. The van der Waals surface area contributed by atoms with Gasteiger partial charge in [0.15, 0.2) is 0 Å². The minimum absolute atomic E-state index is 0.163. The van der Waals surface area contributed by atoms with Crippen molar-refractivity contribution in [3.8, 4) is 0 Å². The maximum Gasteiger partial charge on any atom is 0.337 e. The molecule has 1 fully saturated rings. The molecule has 0 aliphatic heterocycles. The number of carboxylic acids is 1. The molecule has 0 unspecified atom stereocenters. The number of rotatable bonds is 5. The van der Waals surface area contributed by atoms with Crippen molar-refractivity contribution in [2.75, 3.05) is 11.4 Å². The molecular formula is C14H18ClNO2. The Hall–Kier alpha value is -1.22. The number of hydrogen-bond donors (Lipinski definition) is 1. The number of aromatic carboxylic acids is 1. The van der Waals surface area contributed by atoms with Crippen molar-refractivity contribution in [3.05, 3.63) is 28.8 Å². The third-order valence-corrected chi connectivity index (χ3v) is 3.60. The van der Waals surface area contributed by atoms with E-state index in [1.807, 2.05) is 6.07 Å². The zero-order valence-electron chi connectivity index (χ0n) is 10.7. The van der Waals surface area contributed by atoms with Crippen LogP contribution in [0.4, 0.5) is 5.69 Å². The third kappa shape index (κ3) is 2.96. The van der Waals surface area contributed by atoms with Gasteiger partial charge in [0.1, 0.15) is 0 Å². The molecule has 0 radical (unpaired) electrons. The predicted octanol–water partition coefficient (Wildman–Crippen LogP) is 3.66. The van der Waals surface area contributed by atoms with Crippen molar-refractivity contribution in [1.29, 1.82) is 0 Å². The van der Waals surface area contributed by atoms with Crippen molar-refractivity contribution < 1.29 is 9.90 Å². The number of hydrogen-bond acceptors (Lipinski definition) is 2. The van der Waals surface area contributed by atoms with E-state index in [9.17, 15) is 4.79 Å². The SMILES string of the molecule is CC(C)N(CC1CC1)c1ccc(C(=O)O)c(Cl)c1. The molecule has 98 valence electrons. The second kappa shape index (κ2) is 5.19. The molecule has 0 saturated heterocycles. The number of carbonyl (C=O) groups is 1. The molecule has 4 heteroatoms. The summed E-state index contributed by atoms with van der Waals surface area (Å²) >= 11 is 6.02. The second-order valence-electron chi connectivity index (χ2n) is 5.16. The zero-order chi connectivity index (χ0) is 13.3. The van der Waals surface area contributed by atoms with Crippen LogP contribution in [0, 0.1) is 5.92 Å². The van der Waals surface area contributed by atoms with E-state index in [1.165, 1.54) is 12.8 Å². The van der Waals surface area contributed by atoms with E-state index in [2.05, 4.69) is 18.7 Å². The molecule has 18 heavy (non-hydrogen) atoms. The molecule has 0 bridgehead atoms. The van der Waals surface area contributed by atoms with Gasteiger partial charge in [0.05, 0.1) is 10.6 Å². The molecule has 0 aromatic heterocycles. The summed E-state index contributed by atoms with van der Waals surface area (Å²) in [5, 5.41) is 9.27. The van der Waals surface area contributed by atoms with Gasteiger partial charge in [-0.2, -0.15) is 0 Å². The Bertz CT molecular complexity index is 455. The standard InChI is InChI=1S/C14H18ClNO2/c1-9(2)16(8-10-3-4-10)11-5-6-12(14(17)18)13(15)7-11/h5-7,9-10H,3-4,8H2,1-2H3,(H,17,18). The lowest BCUT2D eigenvalue weighted by atomic mass is 10.1. The molecule has 0 amide bonds. The smallest absolute Gasteiger partial charge is 0.337 e. The van der Waals surface area contributed by atoms with Crippen LogP contribution in [0.1, 0.15) is 37.0 Å². The summed E-state index contributed by atoms with van der Waals surface area (Å²) in [7, 11) is 0. The van der Waals surface area contributed by atoms with Crippen molar-refractivity contribution in [3.63, 3.8) is 0 Å². The fourth-order valence-corrected chi connectivity index (χ4v) is 2.30. The van der Waals surface area contributed by atoms with Crippen LogP contribution >= 0.6 is 11.6 Å².